The summed E-state index contributed by atoms with van der Waals surface area (Å²) >= 11 is 0. The van der Waals surface area contributed by atoms with E-state index in [1.165, 1.54) is 17.1 Å². The van der Waals surface area contributed by atoms with Gasteiger partial charge in [-0.25, -0.2) is 12.7 Å². The summed E-state index contributed by atoms with van der Waals surface area (Å²) in [4.78, 5) is 17.1. The zero-order valence-corrected chi connectivity index (χ0v) is 21.7. The lowest BCUT2D eigenvalue weighted by atomic mass is 9.81. The topological polar surface area (TPSA) is 70.2 Å². The van der Waals surface area contributed by atoms with Gasteiger partial charge >= 0.3 is 0 Å². The second-order valence-corrected chi connectivity index (χ2v) is 11.6. The van der Waals surface area contributed by atoms with Crippen molar-refractivity contribution in [3.8, 4) is 5.75 Å². The van der Waals surface area contributed by atoms with Crippen molar-refractivity contribution in [3.05, 3.63) is 23.3 Å². The van der Waals surface area contributed by atoms with Gasteiger partial charge in [-0.1, -0.05) is 6.42 Å². The number of benzene rings is 1. The first-order valence-electron chi connectivity index (χ1n) is 11.5. The second-order valence-electron chi connectivity index (χ2n) is 9.60. The lowest BCUT2D eigenvalue weighted by Crippen LogP contribution is -2.37. The molecule has 1 amide bonds. The molecule has 0 saturated heterocycles. The molecule has 2 atom stereocenters. The van der Waals surface area contributed by atoms with Crippen LogP contribution in [0.15, 0.2) is 17.0 Å². The lowest BCUT2D eigenvalue weighted by molar-refractivity contribution is -0.130. The summed E-state index contributed by atoms with van der Waals surface area (Å²) in [6.07, 6.45) is 4.96. The summed E-state index contributed by atoms with van der Waals surface area (Å²) < 4.78 is 32.8. The highest BCUT2D eigenvalue weighted by Gasteiger charge is 2.27. The van der Waals surface area contributed by atoms with Crippen LogP contribution >= 0.6 is 0 Å². The average molecular weight is 468 g/mol. The first kappa shape index (κ1) is 26.6. The van der Waals surface area contributed by atoms with Crippen LogP contribution in [-0.4, -0.2) is 83.4 Å². The van der Waals surface area contributed by atoms with Gasteiger partial charge in [-0.15, -0.1) is 0 Å². The van der Waals surface area contributed by atoms with E-state index < -0.39 is 10.0 Å². The zero-order chi connectivity index (χ0) is 24.1. The van der Waals surface area contributed by atoms with Crippen LogP contribution in [0.2, 0.25) is 0 Å². The van der Waals surface area contributed by atoms with E-state index in [-0.39, 0.29) is 23.8 Å². The van der Waals surface area contributed by atoms with Crippen LogP contribution in [0.25, 0.3) is 0 Å². The van der Waals surface area contributed by atoms with Crippen molar-refractivity contribution in [3.63, 3.8) is 0 Å². The summed E-state index contributed by atoms with van der Waals surface area (Å²) in [7, 11) is 5.47. The molecule has 0 radical (unpaired) electrons. The monoisotopic (exact) mass is 467 g/mol. The van der Waals surface area contributed by atoms with Crippen molar-refractivity contribution in [2.24, 2.45) is 11.8 Å². The molecule has 182 valence electrons. The Hall–Kier alpha value is -1.64. The minimum absolute atomic E-state index is 0.00930. The molecule has 1 aliphatic rings. The molecule has 8 heteroatoms. The standard InChI is InChI=1S/C24H41N3O4S/c1-18-13-22(31-7)14-19(2)24(18)32(29,30)27(6)12-11-23(28)26(5)17-21-10-8-9-20(15-21)16-25(3)4/h13-14,20-21H,8-12,15-17H2,1-7H3. The number of ether oxygens (including phenoxy) is 1. The molecule has 0 heterocycles. The quantitative estimate of drug-likeness (QED) is 0.529. The second kappa shape index (κ2) is 11.5. The van der Waals surface area contributed by atoms with Gasteiger partial charge in [0.2, 0.25) is 15.9 Å². The molecule has 0 spiro atoms. The molecular weight excluding hydrogens is 426 g/mol. The van der Waals surface area contributed by atoms with Crippen LogP contribution in [0.4, 0.5) is 0 Å². The predicted molar refractivity (Wildman–Crippen MR) is 129 cm³/mol. The summed E-state index contributed by atoms with van der Waals surface area (Å²) in [6, 6.07) is 3.45. The van der Waals surface area contributed by atoms with E-state index in [2.05, 4.69) is 19.0 Å². The molecule has 1 fully saturated rings. The molecule has 7 nitrogen and oxygen atoms in total. The molecule has 32 heavy (non-hydrogen) atoms. The number of methoxy groups -OCH3 is 1. The van der Waals surface area contributed by atoms with Crippen molar-refractivity contribution in [2.75, 3.05) is 54.9 Å². The van der Waals surface area contributed by atoms with Crippen molar-refractivity contribution in [2.45, 2.75) is 50.8 Å². The van der Waals surface area contributed by atoms with E-state index in [0.29, 0.717) is 28.7 Å². The van der Waals surface area contributed by atoms with Crippen LogP contribution in [0.5, 0.6) is 5.75 Å². The van der Waals surface area contributed by atoms with Crippen LogP contribution in [-0.2, 0) is 14.8 Å². The molecule has 1 aliphatic carbocycles. The summed E-state index contributed by atoms with van der Waals surface area (Å²) in [5, 5.41) is 0. The summed E-state index contributed by atoms with van der Waals surface area (Å²) in [6.45, 7) is 5.53. The smallest absolute Gasteiger partial charge is 0.243 e. The van der Waals surface area contributed by atoms with Crippen molar-refractivity contribution < 1.29 is 17.9 Å². The van der Waals surface area contributed by atoms with E-state index in [4.69, 9.17) is 4.74 Å². The molecule has 0 aromatic heterocycles. The number of aryl methyl sites for hydroxylation is 2. The van der Waals surface area contributed by atoms with Gasteiger partial charge in [0.25, 0.3) is 0 Å². The Morgan fingerprint density at radius 1 is 1.03 bits per heavy atom. The van der Waals surface area contributed by atoms with E-state index >= 15 is 0 Å². The van der Waals surface area contributed by atoms with Gasteiger partial charge in [0.05, 0.1) is 12.0 Å². The third-order valence-electron chi connectivity index (χ3n) is 6.45. The van der Waals surface area contributed by atoms with Crippen molar-refractivity contribution >= 4 is 15.9 Å². The van der Waals surface area contributed by atoms with E-state index in [1.54, 1.807) is 45.0 Å². The Morgan fingerprint density at radius 2 is 1.59 bits per heavy atom. The number of amides is 1. The van der Waals surface area contributed by atoms with Gasteiger partial charge in [0, 0.05) is 40.2 Å². The SMILES string of the molecule is COc1cc(C)c(S(=O)(=O)N(C)CCC(=O)N(C)CC2CCCC(CN(C)C)C2)c(C)c1. The highest BCUT2D eigenvalue weighted by Crippen LogP contribution is 2.30. The maximum atomic E-state index is 13.2. The zero-order valence-electron chi connectivity index (χ0n) is 20.8. The molecule has 1 aromatic rings. The third kappa shape index (κ3) is 6.93. The first-order valence-corrected chi connectivity index (χ1v) is 12.9. The van der Waals surface area contributed by atoms with Gasteiger partial charge in [-0.05, 0) is 82.3 Å². The molecule has 0 aliphatic heterocycles. The average Bonchev–Trinajstić information content (AvgIpc) is 2.70. The number of sulfonamides is 1. The minimum Gasteiger partial charge on any atom is -0.497 e. The van der Waals surface area contributed by atoms with E-state index in [9.17, 15) is 13.2 Å². The predicted octanol–water partition coefficient (Wildman–Crippen LogP) is 3.15. The van der Waals surface area contributed by atoms with Crippen LogP contribution in [0.3, 0.4) is 0 Å². The summed E-state index contributed by atoms with van der Waals surface area (Å²) in [5.74, 6) is 1.84. The lowest BCUT2D eigenvalue weighted by Gasteiger charge is -2.33. The maximum absolute atomic E-state index is 13.2. The number of nitrogens with zero attached hydrogens (tertiary/aromatic N) is 3. The van der Waals surface area contributed by atoms with Gasteiger partial charge in [0.1, 0.15) is 5.75 Å². The molecule has 0 N–H and O–H groups in total. The Kier molecular flexibility index (Phi) is 9.54. The number of hydrogen-bond acceptors (Lipinski definition) is 5. The number of hydrogen-bond donors (Lipinski definition) is 0. The normalized spacial score (nSPS) is 19.4. The van der Waals surface area contributed by atoms with E-state index in [0.717, 1.165) is 25.9 Å². The van der Waals surface area contributed by atoms with E-state index in [1.807, 2.05) is 7.05 Å². The summed E-state index contributed by atoms with van der Waals surface area (Å²) in [5.41, 5.74) is 1.28. The van der Waals surface area contributed by atoms with Gasteiger partial charge in [-0.3, -0.25) is 4.79 Å². The number of rotatable bonds is 10. The van der Waals surface area contributed by atoms with Crippen LogP contribution < -0.4 is 4.74 Å². The number of carbonyl (C=O) groups excluding carboxylic acids is 1. The molecule has 1 saturated carbocycles. The molecule has 0 bridgehead atoms. The fourth-order valence-electron chi connectivity index (χ4n) is 4.89. The van der Waals surface area contributed by atoms with Gasteiger partial charge < -0.3 is 14.5 Å². The highest BCUT2D eigenvalue weighted by atomic mass is 32.2. The largest absolute Gasteiger partial charge is 0.497 e. The number of carbonyl (C=O) groups is 1. The Bertz CT molecular complexity index is 862. The van der Waals surface area contributed by atoms with Crippen LogP contribution in [0, 0.1) is 25.7 Å². The maximum Gasteiger partial charge on any atom is 0.243 e. The van der Waals surface area contributed by atoms with Gasteiger partial charge in [-0.2, -0.15) is 0 Å². The molecule has 2 unspecified atom stereocenters. The van der Waals surface area contributed by atoms with Gasteiger partial charge in [0.15, 0.2) is 0 Å². The fourth-order valence-corrected chi connectivity index (χ4v) is 6.47. The Morgan fingerprint density at radius 3 is 2.12 bits per heavy atom. The molecule has 2 rings (SSSR count). The fraction of sp³-hybridized carbons (Fsp3) is 0.708. The van der Waals surface area contributed by atoms with Crippen LogP contribution in [0.1, 0.15) is 43.2 Å². The third-order valence-corrected chi connectivity index (χ3v) is 8.61. The molecular formula is C24H41N3O4S. The van der Waals surface area contributed by atoms with Crippen molar-refractivity contribution in [1.29, 1.82) is 0 Å². The highest BCUT2D eigenvalue weighted by molar-refractivity contribution is 7.89. The Labute approximate surface area is 194 Å². The molecule has 1 aromatic carbocycles. The minimum atomic E-state index is -3.69. The Balaban J connectivity index is 1.94. The van der Waals surface area contributed by atoms with Crippen molar-refractivity contribution in [1.82, 2.24) is 14.1 Å². The first-order chi connectivity index (χ1) is 14.9.